The summed E-state index contributed by atoms with van der Waals surface area (Å²) in [4.78, 5) is 9.46. The predicted octanol–water partition coefficient (Wildman–Crippen LogP) is 1.12. The Hall–Kier alpha value is -0.160. The molecule has 2 saturated heterocycles. The van der Waals surface area contributed by atoms with Gasteiger partial charge in [-0.2, -0.15) is 0 Å². The van der Waals surface area contributed by atoms with Crippen LogP contribution in [-0.2, 0) is 9.47 Å². The number of hydrogen-bond donors (Lipinski definition) is 2. The molecule has 0 bridgehead atoms. The van der Waals surface area contributed by atoms with Gasteiger partial charge in [0, 0.05) is 38.3 Å². The summed E-state index contributed by atoms with van der Waals surface area (Å²) in [5.74, 6) is 0.546. The molecule has 2 aliphatic rings. The third kappa shape index (κ3) is 8.24. The summed E-state index contributed by atoms with van der Waals surface area (Å²) in [5.41, 5.74) is 6.02. The molecule has 26 heavy (non-hydrogen) atoms. The van der Waals surface area contributed by atoms with Crippen LogP contribution in [0, 0.1) is 0 Å². The van der Waals surface area contributed by atoms with E-state index in [2.05, 4.69) is 47.8 Å². The zero-order chi connectivity index (χ0) is 18.3. The first-order valence-corrected chi connectivity index (χ1v) is 9.61. The summed E-state index contributed by atoms with van der Waals surface area (Å²) in [5, 5.41) is 3.24. The number of hydrogen-bond acceptors (Lipinski definition) is 5. The van der Waals surface area contributed by atoms with E-state index in [4.69, 9.17) is 15.2 Å². The van der Waals surface area contributed by atoms with Crippen LogP contribution in [0.25, 0.3) is 0 Å². The highest BCUT2D eigenvalue weighted by Crippen LogP contribution is 2.21. The number of nitrogens with two attached hydrogens (primary N) is 1. The number of nitrogens with one attached hydrogen (secondary N) is 1. The maximum absolute atomic E-state index is 6.05. The van der Waals surface area contributed by atoms with Crippen LogP contribution in [0.2, 0.25) is 0 Å². The molecule has 0 amide bonds. The number of morpholine rings is 2. The van der Waals surface area contributed by atoms with Crippen LogP contribution in [-0.4, -0.2) is 92.5 Å². The van der Waals surface area contributed by atoms with E-state index in [1.54, 1.807) is 0 Å². The zero-order valence-corrected chi connectivity index (χ0v) is 19.2. The average Bonchev–Trinajstić information content (AvgIpc) is 2.57. The van der Waals surface area contributed by atoms with Gasteiger partial charge in [0.05, 0.1) is 32.0 Å². The van der Waals surface area contributed by atoms with Crippen molar-refractivity contribution in [1.82, 2.24) is 15.1 Å². The van der Waals surface area contributed by atoms with E-state index in [9.17, 15) is 0 Å². The molecule has 0 saturated carbocycles. The molecule has 2 rings (SSSR count). The molecule has 8 heteroatoms. The van der Waals surface area contributed by atoms with Gasteiger partial charge in [-0.15, -0.1) is 24.0 Å². The van der Waals surface area contributed by atoms with Crippen molar-refractivity contribution in [2.75, 3.05) is 59.0 Å². The first-order valence-electron chi connectivity index (χ1n) is 9.61. The topological polar surface area (TPSA) is 75.4 Å². The van der Waals surface area contributed by atoms with Gasteiger partial charge in [0.25, 0.3) is 0 Å². The maximum Gasteiger partial charge on any atom is 0.188 e. The number of aliphatic imine (C=N–C) groups is 1. The Kier molecular flexibility index (Phi) is 10.7. The van der Waals surface area contributed by atoms with Crippen LogP contribution >= 0.6 is 24.0 Å². The Labute approximate surface area is 176 Å². The van der Waals surface area contributed by atoms with E-state index in [1.165, 1.54) is 0 Å². The van der Waals surface area contributed by atoms with Crippen LogP contribution in [0.4, 0.5) is 0 Å². The smallest absolute Gasteiger partial charge is 0.188 e. The van der Waals surface area contributed by atoms with E-state index in [-0.39, 0.29) is 41.7 Å². The number of nitrogens with zero attached hydrogens (tertiary/aromatic N) is 3. The van der Waals surface area contributed by atoms with E-state index >= 15 is 0 Å². The molecular formula is C18H38IN5O2. The standard InChI is InChI=1S/C18H37N5O2.HI/c1-15-12-23(13-16(2)25-15)18(3,4)14-21-17(19)20-6-5-7-22-8-10-24-11-9-22;/h15-16H,5-14H2,1-4H3,(H3,19,20,21);1H. The Bertz CT molecular complexity index is 420. The molecule has 154 valence electrons. The molecule has 2 fully saturated rings. The Morgan fingerprint density at radius 2 is 1.81 bits per heavy atom. The molecule has 0 radical (unpaired) electrons. The number of rotatable bonds is 7. The fraction of sp³-hybridized carbons (Fsp3) is 0.944. The van der Waals surface area contributed by atoms with Crippen LogP contribution in [0.15, 0.2) is 4.99 Å². The monoisotopic (exact) mass is 483 g/mol. The summed E-state index contributed by atoms with van der Waals surface area (Å²) in [6, 6.07) is 0. The van der Waals surface area contributed by atoms with Crippen LogP contribution in [0.5, 0.6) is 0 Å². The molecule has 2 aliphatic heterocycles. The second kappa shape index (κ2) is 11.6. The van der Waals surface area contributed by atoms with Crippen molar-refractivity contribution in [3.63, 3.8) is 0 Å². The predicted molar refractivity (Wildman–Crippen MR) is 117 cm³/mol. The molecule has 0 aliphatic carbocycles. The van der Waals surface area contributed by atoms with E-state index < -0.39 is 0 Å². The van der Waals surface area contributed by atoms with Crippen molar-refractivity contribution in [2.45, 2.75) is 51.9 Å². The lowest BCUT2D eigenvalue weighted by Crippen LogP contribution is -2.56. The summed E-state index contributed by atoms with van der Waals surface area (Å²) in [7, 11) is 0. The number of guanidine groups is 1. The minimum absolute atomic E-state index is 0. The molecule has 2 atom stereocenters. The molecule has 7 nitrogen and oxygen atoms in total. The van der Waals surface area contributed by atoms with Gasteiger partial charge >= 0.3 is 0 Å². The van der Waals surface area contributed by atoms with Gasteiger partial charge in [-0.3, -0.25) is 14.8 Å². The summed E-state index contributed by atoms with van der Waals surface area (Å²) >= 11 is 0. The van der Waals surface area contributed by atoms with Gasteiger partial charge in [-0.25, -0.2) is 0 Å². The van der Waals surface area contributed by atoms with Crippen molar-refractivity contribution in [3.8, 4) is 0 Å². The van der Waals surface area contributed by atoms with Gasteiger partial charge in [0.15, 0.2) is 5.96 Å². The van der Waals surface area contributed by atoms with Crippen molar-refractivity contribution < 1.29 is 9.47 Å². The van der Waals surface area contributed by atoms with Crippen LogP contribution < -0.4 is 11.1 Å². The third-order valence-electron chi connectivity index (χ3n) is 4.97. The van der Waals surface area contributed by atoms with Crippen molar-refractivity contribution in [2.24, 2.45) is 10.7 Å². The second-order valence-corrected chi connectivity index (χ2v) is 7.91. The molecule has 2 unspecified atom stereocenters. The highest BCUT2D eigenvalue weighted by molar-refractivity contribution is 14.0. The molecule has 0 aromatic carbocycles. The molecular weight excluding hydrogens is 445 g/mol. The van der Waals surface area contributed by atoms with Gasteiger partial charge in [-0.05, 0) is 40.7 Å². The highest BCUT2D eigenvalue weighted by Gasteiger charge is 2.33. The van der Waals surface area contributed by atoms with Crippen molar-refractivity contribution >= 4 is 29.9 Å². The quantitative estimate of drug-likeness (QED) is 0.245. The van der Waals surface area contributed by atoms with E-state index in [0.717, 1.165) is 58.9 Å². The minimum atomic E-state index is -0.0214. The van der Waals surface area contributed by atoms with Crippen LogP contribution in [0.1, 0.15) is 34.1 Å². The van der Waals surface area contributed by atoms with E-state index in [1.807, 2.05) is 0 Å². The lowest BCUT2D eigenvalue weighted by Gasteiger charge is -2.44. The van der Waals surface area contributed by atoms with Crippen molar-refractivity contribution in [1.29, 1.82) is 0 Å². The number of halogens is 1. The molecule has 0 spiro atoms. The van der Waals surface area contributed by atoms with Gasteiger partial charge in [0.2, 0.25) is 0 Å². The zero-order valence-electron chi connectivity index (χ0n) is 16.9. The van der Waals surface area contributed by atoms with Gasteiger partial charge in [-0.1, -0.05) is 0 Å². The lowest BCUT2D eigenvalue weighted by molar-refractivity contribution is -0.0939. The summed E-state index contributed by atoms with van der Waals surface area (Å²) in [6.07, 6.45) is 1.60. The van der Waals surface area contributed by atoms with Crippen molar-refractivity contribution in [3.05, 3.63) is 0 Å². The average molecular weight is 483 g/mol. The second-order valence-electron chi connectivity index (χ2n) is 7.91. The van der Waals surface area contributed by atoms with Crippen LogP contribution in [0.3, 0.4) is 0 Å². The first-order chi connectivity index (χ1) is 11.9. The third-order valence-corrected chi connectivity index (χ3v) is 4.97. The minimum Gasteiger partial charge on any atom is -0.379 e. The molecule has 0 aromatic rings. The molecule has 0 aromatic heterocycles. The lowest BCUT2D eigenvalue weighted by atomic mass is 10.0. The fourth-order valence-corrected chi connectivity index (χ4v) is 3.45. The largest absolute Gasteiger partial charge is 0.379 e. The first kappa shape index (κ1) is 23.9. The molecule has 2 heterocycles. The summed E-state index contributed by atoms with van der Waals surface area (Å²) < 4.78 is 11.2. The fourth-order valence-electron chi connectivity index (χ4n) is 3.45. The Balaban J connectivity index is 0.00000338. The Morgan fingerprint density at radius 3 is 2.42 bits per heavy atom. The summed E-state index contributed by atoms with van der Waals surface area (Å²) in [6.45, 7) is 17.0. The SMILES string of the molecule is CC1CN(C(C)(C)CN=C(N)NCCCN2CCOCC2)CC(C)O1.I. The molecule has 3 N–H and O–H groups in total. The number of ether oxygens (including phenoxy) is 2. The van der Waals surface area contributed by atoms with Gasteiger partial charge in [0.1, 0.15) is 0 Å². The normalized spacial score (nSPS) is 26.4. The van der Waals surface area contributed by atoms with E-state index in [0.29, 0.717) is 12.5 Å². The maximum atomic E-state index is 6.05. The highest BCUT2D eigenvalue weighted by atomic mass is 127. The van der Waals surface area contributed by atoms with Gasteiger partial charge < -0.3 is 20.5 Å². The Morgan fingerprint density at radius 1 is 1.19 bits per heavy atom.